The van der Waals surface area contributed by atoms with Crippen molar-refractivity contribution in [1.82, 2.24) is 4.90 Å². The Hall–Kier alpha value is -2.62. The van der Waals surface area contributed by atoms with E-state index in [2.05, 4.69) is 12.2 Å². The lowest BCUT2D eigenvalue weighted by molar-refractivity contribution is -0.120. The number of benzene rings is 2. The van der Waals surface area contributed by atoms with Gasteiger partial charge in [0, 0.05) is 17.8 Å². The molecule has 0 bridgehead atoms. The minimum Gasteiger partial charge on any atom is -0.324 e. The molecule has 3 rings (SSSR count). The summed E-state index contributed by atoms with van der Waals surface area (Å²) in [5, 5.41) is 2.99. The number of nitrogens with zero attached hydrogens (tertiary/aromatic N) is 1. The highest BCUT2D eigenvalue weighted by molar-refractivity contribution is 6.03. The van der Waals surface area contributed by atoms with Crippen LogP contribution in [0.25, 0.3) is 0 Å². The van der Waals surface area contributed by atoms with Gasteiger partial charge in [-0.3, -0.25) is 9.59 Å². The zero-order valence-electron chi connectivity index (χ0n) is 14.8. The molecule has 0 saturated heterocycles. The molecule has 1 unspecified atom stereocenters. The Balaban J connectivity index is 1.79. The summed E-state index contributed by atoms with van der Waals surface area (Å²) in [5.74, 6) is -0.164. The van der Waals surface area contributed by atoms with Crippen molar-refractivity contribution in [3.63, 3.8) is 0 Å². The Kier molecular flexibility index (Phi) is 5.17. The van der Waals surface area contributed by atoms with Gasteiger partial charge >= 0.3 is 0 Å². The van der Waals surface area contributed by atoms with Gasteiger partial charge in [-0.2, -0.15) is 0 Å². The van der Waals surface area contributed by atoms with Gasteiger partial charge in [-0.1, -0.05) is 50.6 Å². The Bertz CT molecular complexity index is 785. The molecule has 0 fully saturated rings. The van der Waals surface area contributed by atoms with Crippen molar-refractivity contribution in [2.24, 2.45) is 0 Å². The monoisotopic (exact) mass is 336 g/mol. The molecule has 130 valence electrons. The number of fused-ring (bicyclic) bond motifs is 1. The van der Waals surface area contributed by atoms with Crippen molar-refractivity contribution in [2.75, 3.05) is 5.32 Å². The average Bonchev–Trinajstić information content (AvgIpc) is 2.96. The minimum absolute atomic E-state index is 0.0495. The zero-order chi connectivity index (χ0) is 17.8. The van der Waals surface area contributed by atoms with Gasteiger partial charge in [0.25, 0.3) is 5.91 Å². The molecule has 2 amide bonds. The molecule has 0 saturated carbocycles. The zero-order valence-corrected chi connectivity index (χ0v) is 14.8. The van der Waals surface area contributed by atoms with E-state index in [-0.39, 0.29) is 11.8 Å². The van der Waals surface area contributed by atoms with E-state index in [9.17, 15) is 9.59 Å². The summed E-state index contributed by atoms with van der Waals surface area (Å²) in [6.07, 6.45) is 2.41. The first-order chi connectivity index (χ1) is 12.1. The van der Waals surface area contributed by atoms with Gasteiger partial charge in [0.05, 0.1) is 0 Å². The van der Waals surface area contributed by atoms with Gasteiger partial charge in [-0.15, -0.1) is 0 Å². The van der Waals surface area contributed by atoms with Crippen LogP contribution in [0.1, 0.15) is 48.2 Å². The maximum Gasteiger partial charge on any atom is 0.255 e. The van der Waals surface area contributed by atoms with Crippen LogP contribution in [-0.2, 0) is 17.8 Å². The molecule has 2 aromatic carbocycles. The predicted molar refractivity (Wildman–Crippen MR) is 99.5 cm³/mol. The van der Waals surface area contributed by atoms with E-state index in [0.29, 0.717) is 18.5 Å². The van der Waals surface area contributed by atoms with Gasteiger partial charge in [-0.25, -0.2) is 0 Å². The molecule has 4 nitrogen and oxygen atoms in total. The number of amides is 2. The van der Waals surface area contributed by atoms with Crippen molar-refractivity contribution in [3.8, 4) is 0 Å². The third kappa shape index (κ3) is 3.58. The molecule has 4 heteroatoms. The van der Waals surface area contributed by atoms with Crippen LogP contribution in [0.4, 0.5) is 5.69 Å². The number of nitrogens with one attached hydrogen (secondary N) is 1. The van der Waals surface area contributed by atoms with Gasteiger partial charge in [0.1, 0.15) is 6.04 Å². The normalized spacial score (nSPS) is 14.3. The summed E-state index contributed by atoms with van der Waals surface area (Å²) >= 11 is 0. The van der Waals surface area contributed by atoms with E-state index in [1.165, 1.54) is 5.56 Å². The van der Waals surface area contributed by atoms with Crippen LogP contribution in [0.5, 0.6) is 0 Å². The highest BCUT2D eigenvalue weighted by Crippen LogP contribution is 2.26. The molecule has 1 atom stereocenters. The van der Waals surface area contributed by atoms with Crippen LogP contribution in [0.3, 0.4) is 0 Å². The number of hydrogen-bond donors (Lipinski definition) is 1. The summed E-state index contributed by atoms with van der Waals surface area (Å²) in [6, 6.07) is 15.0. The topological polar surface area (TPSA) is 49.4 Å². The smallest absolute Gasteiger partial charge is 0.255 e. The molecule has 0 spiro atoms. The fraction of sp³-hybridized carbons (Fsp3) is 0.333. The summed E-state index contributed by atoms with van der Waals surface area (Å²) in [4.78, 5) is 27.3. The Morgan fingerprint density at radius 2 is 1.96 bits per heavy atom. The maximum atomic E-state index is 12.9. The van der Waals surface area contributed by atoms with Crippen molar-refractivity contribution in [2.45, 2.75) is 45.7 Å². The van der Waals surface area contributed by atoms with E-state index < -0.39 is 6.04 Å². The SMILES string of the molecule is CCCC(C(=O)Nc1cccc(CC)c1)N1Cc2ccccc2C1=O. The summed E-state index contributed by atoms with van der Waals surface area (Å²) in [7, 11) is 0. The van der Waals surface area contributed by atoms with Crippen molar-refractivity contribution in [3.05, 3.63) is 65.2 Å². The second-order valence-corrected chi connectivity index (χ2v) is 6.44. The second kappa shape index (κ2) is 7.51. The first-order valence-corrected chi connectivity index (χ1v) is 8.92. The largest absolute Gasteiger partial charge is 0.324 e. The van der Waals surface area contributed by atoms with Gasteiger partial charge in [0.2, 0.25) is 5.91 Å². The Morgan fingerprint density at radius 1 is 1.16 bits per heavy atom. The number of hydrogen-bond acceptors (Lipinski definition) is 2. The maximum absolute atomic E-state index is 12.9. The highest BCUT2D eigenvalue weighted by atomic mass is 16.2. The van der Waals surface area contributed by atoms with Gasteiger partial charge in [0.15, 0.2) is 0 Å². The van der Waals surface area contributed by atoms with E-state index in [1.54, 1.807) is 4.90 Å². The molecule has 1 aliphatic rings. The molecule has 1 heterocycles. The first kappa shape index (κ1) is 17.2. The second-order valence-electron chi connectivity index (χ2n) is 6.44. The third-order valence-corrected chi connectivity index (χ3v) is 4.69. The molecule has 0 radical (unpaired) electrons. The first-order valence-electron chi connectivity index (χ1n) is 8.92. The third-order valence-electron chi connectivity index (χ3n) is 4.69. The van der Waals surface area contributed by atoms with E-state index in [1.807, 2.05) is 55.5 Å². The van der Waals surface area contributed by atoms with E-state index in [0.717, 1.165) is 24.1 Å². The van der Waals surface area contributed by atoms with Crippen LogP contribution in [-0.4, -0.2) is 22.8 Å². The molecule has 1 N–H and O–H groups in total. The van der Waals surface area contributed by atoms with Crippen LogP contribution in [0, 0.1) is 0 Å². The highest BCUT2D eigenvalue weighted by Gasteiger charge is 2.35. The molecular weight excluding hydrogens is 312 g/mol. The Labute approximate surface area is 148 Å². The standard InChI is InChI=1S/C21H24N2O2/c1-3-8-19(20(24)22-17-11-7-9-15(4-2)13-17)23-14-16-10-5-6-12-18(16)21(23)25/h5-7,9-13,19H,3-4,8,14H2,1-2H3,(H,22,24). The number of carbonyl (C=O) groups is 2. The minimum atomic E-state index is -0.449. The van der Waals surface area contributed by atoms with Crippen LogP contribution in [0.2, 0.25) is 0 Å². The lowest BCUT2D eigenvalue weighted by Gasteiger charge is -2.26. The number of carbonyl (C=O) groups excluding carboxylic acids is 2. The van der Waals surface area contributed by atoms with Crippen molar-refractivity contribution in [1.29, 1.82) is 0 Å². The molecular formula is C21H24N2O2. The van der Waals surface area contributed by atoms with Crippen LogP contribution >= 0.6 is 0 Å². The average molecular weight is 336 g/mol. The Morgan fingerprint density at radius 3 is 2.68 bits per heavy atom. The molecule has 0 aromatic heterocycles. The molecule has 2 aromatic rings. The molecule has 0 aliphatic carbocycles. The van der Waals surface area contributed by atoms with Crippen molar-refractivity contribution >= 4 is 17.5 Å². The number of aryl methyl sites for hydroxylation is 1. The van der Waals surface area contributed by atoms with Gasteiger partial charge in [-0.05, 0) is 42.2 Å². The van der Waals surface area contributed by atoms with Crippen LogP contribution in [0.15, 0.2) is 48.5 Å². The van der Waals surface area contributed by atoms with Crippen molar-refractivity contribution < 1.29 is 9.59 Å². The number of anilines is 1. The lowest BCUT2D eigenvalue weighted by atomic mass is 10.1. The summed E-state index contributed by atoms with van der Waals surface area (Å²) < 4.78 is 0. The number of rotatable bonds is 6. The fourth-order valence-corrected chi connectivity index (χ4v) is 3.33. The van der Waals surface area contributed by atoms with Gasteiger partial charge < -0.3 is 10.2 Å². The van der Waals surface area contributed by atoms with E-state index >= 15 is 0 Å². The lowest BCUT2D eigenvalue weighted by Crippen LogP contribution is -2.44. The quantitative estimate of drug-likeness (QED) is 0.866. The van der Waals surface area contributed by atoms with Crippen LogP contribution < -0.4 is 5.32 Å². The summed E-state index contributed by atoms with van der Waals surface area (Å²) in [6.45, 7) is 4.62. The van der Waals surface area contributed by atoms with E-state index in [4.69, 9.17) is 0 Å². The predicted octanol–water partition coefficient (Wildman–Crippen LogP) is 4.01. The fourth-order valence-electron chi connectivity index (χ4n) is 3.33. The molecule has 25 heavy (non-hydrogen) atoms. The molecule has 1 aliphatic heterocycles. The summed E-state index contributed by atoms with van der Waals surface area (Å²) in [5.41, 5.74) is 3.67.